The van der Waals surface area contributed by atoms with Gasteiger partial charge in [-0.1, -0.05) is 31.8 Å². The largest absolute Gasteiger partial charge is 0.463 e. The van der Waals surface area contributed by atoms with Crippen LogP contribution in [0.15, 0.2) is 12.2 Å². The molecule has 0 heterocycles. The fourth-order valence-corrected chi connectivity index (χ4v) is 1.84. The number of rotatable bonds is 14. The molecule has 0 aromatic rings. The van der Waals surface area contributed by atoms with Gasteiger partial charge in [0.1, 0.15) is 13.2 Å². The number of carbonyl (C=O) groups excluding carboxylic acids is 2. The molecule has 22 heavy (non-hydrogen) atoms. The highest BCUT2D eigenvalue weighted by Crippen LogP contribution is 2.09. The smallest absolute Gasteiger partial charge is 0.330 e. The van der Waals surface area contributed by atoms with E-state index in [2.05, 4.69) is 4.74 Å². The fourth-order valence-electron chi connectivity index (χ4n) is 1.84. The topological polar surface area (TPSA) is 93.1 Å². The van der Waals surface area contributed by atoms with Gasteiger partial charge in [0, 0.05) is 12.5 Å². The Morgan fingerprint density at radius 1 is 0.818 bits per heavy atom. The molecular formula is C16H28O6. The minimum absolute atomic E-state index is 0.0384. The van der Waals surface area contributed by atoms with E-state index in [1.807, 2.05) is 0 Å². The molecule has 0 saturated heterocycles. The van der Waals surface area contributed by atoms with Crippen molar-refractivity contribution in [2.45, 2.75) is 51.4 Å². The number of aliphatic hydroxyl groups is 2. The first kappa shape index (κ1) is 20.6. The van der Waals surface area contributed by atoms with Gasteiger partial charge in [-0.3, -0.25) is 4.79 Å². The van der Waals surface area contributed by atoms with Gasteiger partial charge < -0.3 is 19.7 Å². The lowest BCUT2D eigenvalue weighted by molar-refractivity contribution is -0.144. The summed E-state index contributed by atoms with van der Waals surface area (Å²) >= 11 is 0. The lowest BCUT2D eigenvalue weighted by Crippen LogP contribution is -2.07. The molecule has 0 unspecified atom stereocenters. The second-order valence-corrected chi connectivity index (χ2v) is 4.90. The highest BCUT2D eigenvalue weighted by Gasteiger charge is 2.01. The van der Waals surface area contributed by atoms with E-state index in [1.54, 1.807) is 6.08 Å². The number of allylic oxidation sites excluding steroid dienone is 1. The molecule has 6 heteroatoms. The monoisotopic (exact) mass is 316 g/mol. The van der Waals surface area contributed by atoms with E-state index in [4.69, 9.17) is 14.9 Å². The summed E-state index contributed by atoms with van der Waals surface area (Å²) in [5.41, 5.74) is 0. The Labute approximate surface area is 132 Å². The average Bonchev–Trinajstić information content (AvgIpc) is 2.52. The Kier molecular flexibility index (Phi) is 15.0. The summed E-state index contributed by atoms with van der Waals surface area (Å²) in [6, 6.07) is 0. The van der Waals surface area contributed by atoms with Crippen molar-refractivity contribution in [2.75, 3.05) is 26.4 Å². The van der Waals surface area contributed by atoms with E-state index >= 15 is 0 Å². The molecule has 0 aromatic heterocycles. The van der Waals surface area contributed by atoms with Crippen molar-refractivity contribution in [1.29, 1.82) is 0 Å². The summed E-state index contributed by atoms with van der Waals surface area (Å²) in [7, 11) is 0. The number of carbonyl (C=O) groups is 2. The summed E-state index contributed by atoms with van der Waals surface area (Å²) in [6.07, 6.45) is 10.5. The molecule has 0 amide bonds. The van der Waals surface area contributed by atoms with Crippen molar-refractivity contribution in [3.05, 3.63) is 12.2 Å². The molecule has 0 aliphatic heterocycles. The molecule has 0 atom stereocenters. The SMILES string of the molecule is O=C(C=CCCCCCCCCC(=O)OCCO)OCCO. The van der Waals surface area contributed by atoms with Crippen LogP contribution >= 0.6 is 0 Å². The van der Waals surface area contributed by atoms with Gasteiger partial charge in [-0.25, -0.2) is 4.79 Å². The molecule has 0 aliphatic carbocycles. The zero-order valence-corrected chi connectivity index (χ0v) is 13.2. The lowest BCUT2D eigenvalue weighted by atomic mass is 10.1. The summed E-state index contributed by atoms with van der Waals surface area (Å²) < 4.78 is 9.44. The molecule has 6 nitrogen and oxygen atoms in total. The molecule has 0 aliphatic rings. The number of ether oxygens (including phenoxy) is 2. The molecule has 0 radical (unpaired) electrons. The van der Waals surface area contributed by atoms with Crippen molar-refractivity contribution < 1.29 is 29.3 Å². The van der Waals surface area contributed by atoms with Gasteiger partial charge in [0.2, 0.25) is 0 Å². The zero-order valence-electron chi connectivity index (χ0n) is 13.2. The quantitative estimate of drug-likeness (QED) is 0.288. The predicted octanol–water partition coefficient (Wildman–Crippen LogP) is 1.73. The number of aliphatic hydroxyl groups excluding tert-OH is 2. The standard InChI is InChI=1S/C16H28O6/c17-11-13-21-15(19)9-7-5-3-1-2-4-6-8-10-16(20)22-14-12-18/h7,9,17-18H,1-6,8,10-14H2. The molecule has 128 valence electrons. The van der Waals surface area contributed by atoms with Crippen molar-refractivity contribution in [2.24, 2.45) is 0 Å². The van der Waals surface area contributed by atoms with Crippen LogP contribution in [0.5, 0.6) is 0 Å². The fraction of sp³-hybridized carbons (Fsp3) is 0.750. The van der Waals surface area contributed by atoms with Gasteiger partial charge in [0.25, 0.3) is 0 Å². The van der Waals surface area contributed by atoms with E-state index in [-0.39, 0.29) is 32.4 Å². The van der Waals surface area contributed by atoms with Gasteiger partial charge in [-0.05, 0) is 19.3 Å². The number of hydrogen-bond donors (Lipinski definition) is 2. The first-order valence-corrected chi connectivity index (χ1v) is 7.91. The normalized spacial score (nSPS) is 10.8. The Morgan fingerprint density at radius 2 is 1.41 bits per heavy atom. The third-order valence-electron chi connectivity index (χ3n) is 2.95. The molecule has 0 aromatic carbocycles. The van der Waals surface area contributed by atoms with Crippen LogP contribution < -0.4 is 0 Å². The van der Waals surface area contributed by atoms with Crippen LogP contribution in [-0.4, -0.2) is 48.6 Å². The van der Waals surface area contributed by atoms with Gasteiger partial charge >= 0.3 is 11.9 Å². The number of hydrogen-bond acceptors (Lipinski definition) is 6. The molecule has 0 rings (SSSR count). The minimum Gasteiger partial charge on any atom is -0.463 e. The first-order valence-electron chi connectivity index (χ1n) is 7.91. The van der Waals surface area contributed by atoms with Crippen molar-refractivity contribution in [3.63, 3.8) is 0 Å². The Morgan fingerprint density at radius 3 is 2.09 bits per heavy atom. The highest BCUT2D eigenvalue weighted by molar-refractivity contribution is 5.81. The summed E-state index contributed by atoms with van der Waals surface area (Å²) in [4.78, 5) is 22.2. The van der Waals surface area contributed by atoms with Crippen molar-refractivity contribution >= 4 is 11.9 Å². The highest BCUT2D eigenvalue weighted by atomic mass is 16.5. The van der Waals surface area contributed by atoms with Crippen LogP contribution in [0.4, 0.5) is 0 Å². The third kappa shape index (κ3) is 15.0. The van der Waals surface area contributed by atoms with Crippen LogP contribution in [0, 0.1) is 0 Å². The van der Waals surface area contributed by atoms with Gasteiger partial charge in [0.15, 0.2) is 0 Å². The Bertz CT molecular complexity index is 314. The third-order valence-corrected chi connectivity index (χ3v) is 2.95. The minimum atomic E-state index is -0.415. The van der Waals surface area contributed by atoms with E-state index in [0.717, 1.165) is 44.9 Å². The van der Waals surface area contributed by atoms with Crippen LogP contribution in [0.1, 0.15) is 51.4 Å². The lowest BCUT2D eigenvalue weighted by Gasteiger charge is -2.03. The predicted molar refractivity (Wildman–Crippen MR) is 82.2 cm³/mol. The number of esters is 2. The van der Waals surface area contributed by atoms with Gasteiger partial charge in [-0.15, -0.1) is 0 Å². The maximum absolute atomic E-state index is 11.1. The summed E-state index contributed by atoms with van der Waals surface area (Å²) in [5, 5.41) is 17.0. The van der Waals surface area contributed by atoms with Crippen LogP contribution in [-0.2, 0) is 19.1 Å². The van der Waals surface area contributed by atoms with Gasteiger partial charge in [-0.2, -0.15) is 0 Å². The number of unbranched alkanes of at least 4 members (excludes halogenated alkanes) is 6. The van der Waals surface area contributed by atoms with Crippen molar-refractivity contribution in [1.82, 2.24) is 0 Å². The molecule has 2 N–H and O–H groups in total. The van der Waals surface area contributed by atoms with Crippen molar-refractivity contribution in [3.8, 4) is 0 Å². The van der Waals surface area contributed by atoms with E-state index in [9.17, 15) is 9.59 Å². The average molecular weight is 316 g/mol. The Balaban J connectivity index is 3.28. The second-order valence-electron chi connectivity index (χ2n) is 4.90. The second kappa shape index (κ2) is 16.0. The summed E-state index contributed by atoms with van der Waals surface area (Å²) in [6.45, 7) is -0.158. The molecular weight excluding hydrogens is 288 g/mol. The Hall–Kier alpha value is -1.40. The zero-order chi connectivity index (χ0) is 16.5. The van der Waals surface area contributed by atoms with Crippen LogP contribution in [0.25, 0.3) is 0 Å². The van der Waals surface area contributed by atoms with Crippen LogP contribution in [0.2, 0.25) is 0 Å². The molecule has 0 saturated carbocycles. The molecule has 0 fully saturated rings. The van der Waals surface area contributed by atoms with E-state index in [1.165, 1.54) is 6.08 Å². The molecule has 0 spiro atoms. The maximum Gasteiger partial charge on any atom is 0.330 e. The molecule has 0 bridgehead atoms. The van der Waals surface area contributed by atoms with E-state index in [0.29, 0.717) is 6.42 Å². The maximum atomic E-state index is 11.1. The van der Waals surface area contributed by atoms with Gasteiger partial charge in [0.05, 0.1) is 13.2 Å². The first-order chi connectivity index (χ1) is 10.7. The van der Waals surface area contributed by atoms with E-state index < -0.39 is 5.97 Å². The van der Waals surface area contributed by atoms with Crippen LogP contribution in [0.3, 0.4) is 0 Å². The summed E-state index contributed by atoms with van der Waals surface area (Å²) in [5.74, 6) is -0.658.